The summed E-state index contributed by atoms with van der Waals surface area (Å²) in [5, 5.41) is 0. The van der Waals surface area contributed by atoms with E-state index in [1.54, 1.807) is 0 Å². The van der Waals surface area contributed by atoms with Crippen molar-refractivity contribution in [2.75, 3.05) is 38.7 Å². The lowest BCUT2D eigenvalue weighted by Gasteiger charge is -2.43. The maximum atomic E-state index is 12.8. The van der Waals surface area contributed by atoms with Crippen molar-refractivity contribution in [3.63, 3.8) is 0 Å². The molecule has 1 saturated carbocycles. The number of amides is 2. The average Bonchev–Trinajstić information content (AvgIpc) is 2.74. The minimum absolute atomic E-state index is 0.0226. The molecule has 1 aromatic carbocycles. The van der Waals surface area contributed by atoms with E-state index >= 15 is 0 Å². The summed E-state index contributed by atoms with van der Waals surface area (Å²) >= 11 is 0. The van der Waals surface area contributed by atoms with Crippen molar-refractivity contribution in [3.8, 4) is 5.75 Å². The minimum Gasteiger partial charge on any atom is -0.489 e. The first-order chi connectivity index (χ1) is 14.7. The monoisotopic (exact) mass is 453 g/mol. The molecule has 0 aromatic heterocycles. The Morgan fingerprint density at radius 2 is 1.94 bits per heavy atom. The molecular weight excluding hydrogens is 425 g/mol. The van der Waals surface area contributed by atoms with E-state index < -0.39 is 15.7 Å². The standard InChI is InChI=1S/C21H28FN3O5S/c1-21(7-2-8-21)20(27)24-9-10-25(19(26)13-24)15-31(28,29)18-5-3-17(4-6-18)30-14-16(11-22)12-23/h3-6,11H,2,7-10,12-15,23H2,1H3. The van der Waals surface area contributed by atoms with Gasteiger partial charge in [-0.05, 0) is 37.1 Å². The Balaban J connectivity index is 1.58. The van der Waals surface area contributed by atoms with Crippen LogP contribution in [0.3, 0.4) is 0 Å². The molecule has 0 atom stereocenters. The summed E-state index contributed by atoms with van der Waals surface area (Å²) in [5.41, 5.74) is 5.25. The number of hydrogen-bond acceptors (Lipinski definition) is 6. The number of rotatable bonds is 8. The number of carbonyl (C=O) groups is 2. The van der Waals surface area contributed by atoms with Gasteiger partial charge in [-0.25, -0.2) is 12.8 Å². The fourth-order valence-electron chi connectivity index (χ4n) is 3.65. The van der Waals surface area contributed by atoms with Gasteiger partial charge in [0.05, 0.1) is 17.8 Å². The van der Waals surface area contributed by atoms with E-state index in [0.717, 1.165) is 19.3 Å². The van der Waals surface area contributed by atoms with Gasteiger partial charge in [0.2, 0.25) is 11.8 Å². The van der Waals surface area contributed by atoms with E-state index in [4.69, 9.17) is 10.5 Å². The Bertz CT molecular complexity index is 958. The fraction of sp³-hybridized carbons (Fsp3) is 0.524. The molecule has 1 aromatic rings. The molecule has 2 aliphatic rings. The van der Waals surface area contributed by atoms with Crippen LogP contribution in [0, 0.1) is 5.41 Å². The highest BCUT2D eigenvalue weighted by Crippen LogP contribution is 2.42. The summed E-state index contributed by atoms with van der Waals surface area (Å²) in [7, 11) is -3.76. The molecule has 3 rings (SSSR count). The van der Waals surface area contributed by atoms with E-state index in [-0.39, 0.29) is 53.9 Å². The normalized spacial score (nSPS) is 19.2. The van der Waals surface area contributed by atoms with Crippen molar-refractivity contribution in [1.82, 2.24) is 9.80 Å². The van der Waals surface area contributed by atoms with Crippen LogP contribution in [0.2, 0.25) is 0 Å². The second kappa shape index (κ2) is 9.35. The van der Waals surface area contributed by atoms with Crippen LogP contribution in [0.5, 0.6) is 5.75 Å². The van der Waals surface area contributed by atoms with Gasteiger partial charge in [-0.3, -0.25) is 9.59 Å². The third-order valence-corrected chi connectivity index (χ3v) is 7.57. The number of sulfone groups is 1. The van der Waals surface area contributed by atoms with Crippen molar-refractivity contribution in [2.45, 2.75) is 31.1 Å². The number of carbonyl (C=O) groups excluding carboxylic acids is 2. The van der Waals surface area contributed by atoms with Crippen LogP contribution < -0.4 is 10.5 Å². The Morgan fingerprint density at radius 1 is 1.26 bits per heavy atom. The first kappa shape index (κ1) is 23.2. The van der Waals surface area contributed by atoms with Gasteiger partial charge in [-0.15, -0.1) is 0 Å². The van der Waals surface area contributed by atoms with Crippen molar-refractivity contribution >= 4 is 21.7 Å². The van der Waals surface area contributed by atoms with E-state index in [1.807, 2.05) is 6.92 Å². The van der Waals surface area contributed by atoms with Crippen LogP contribution in [0.4, 0.5) is 4.39 Å². The minimum atomic E-state index is -3.76. The van der Waals surface area contributed by atoms with Gasteiger partial charge in [0.25, 0.3) is 0 Å². The molecule has 170 valence electrons. The summed E-state index contributed by atoms with van der Waals surface area (Å²) in [6.07, 6.45) is 3.05. The van der Waals surface area contributed by atoms with E-state index in [2.05, 4.69) is 0 Å². The summed E-state index contributed by atoms with van der Waals surface area (Å²) in [5.74, 6) is -0.476. The number of benzene rings is 1. The summed E-state index contributed by atoms with van der Waals surface area (Å²) in [6, 6.07) is 5.70. The molecule has 10 heteroatoms. The molecule has 1 aliphatic carbocycles. The lowest BCUT2D eigenvalue weighted by atomic mass is 9.69. The lowest BCUT2D eigenvalue weighted by molar-refractivity contribution is -0.153. The van der Waals surface area contributed by atoms with Crippen LogP contribution in [0.15, 0.2) is 41.1 Å². The summed E-state index contributed by atoms with van der Waals surface area (Å²) in [4.78, 5) is 28.0. The lowest BCUT2D eigenvalue weighted by Crippen LogP contribution is -2.57. The maximum absolute atomic E-state index is 12.8. The second-order valence-corrected chi connectivity index (χ2v) is 10.2. The molecule has 0 bridgehead atoms. The first-order valence-electron chi connectivity index (χ1n) is 10.2. The average molecular weight is 454 g/mol. The Morgan fingerprint density at radius 3 is 2.45 bits per heavy atom. The topological polar surface area (TPSA) is 110 Å². The van der Waals surface area contributed by atoms with Gasteiger partial charge < -0.3 is 20.3 Å². The van der Waals surface area contributed by atoms with Crippen molar-refractivity contribution in [1.29, 1.82) is 0 Å². The van der Waals surface area contributed by atoms with Crippen LogP contribution >= 0.6 is 0 Å². The Labute approximate surface area is 181 Å². The second-order valence-electron chi connectivity index (χ2n) is 8.27. The highest BCUT2D eigenvalue weighted by molar-refractivity contribution is 7.91. The quantitative estimate of drug-likeness (QED) is 0.638. The molecule has 8 nitrogen and oxygen atoms in total. The zero-order chi connectivity index (χ0) is 22.6. The van der Waals surface area contributed by atoms with Gasteiger partial charge >= 0.3 is 0 Å². The number of piperazine rings is 1. The number of nitrogens with zero attached hydrogens (tertiary/aromatic N) is 2. The van der Waals surface area contributed by atoms with Gasteiger partial charge in [-0.1, -0.05) is 13.3 Å². The number of ether oxygens (including phenoxy) is 1. The molecule has 2 amide bonds. The van der Waals surface area contributed by atoms with Crippen molar-refractivity contribution < 1.29 is 27.1 Å². The van der Waals surface area contributed by atoms with Gasteiger partial charge in [-0.2, -0.15) is 0 Å². The molecule has 31 heavy (non-hydrogen) atoms. The first-order valence-corrected chi connectivity index (χ1v) is 11.8. The molecule has 0 radical (unpaired) electrons. The zero-order valence-corrected chi connectivity index (χ0v) is 18.4. The smallest absolute Gasteiger partial charge is 0.243 e. The predicted octanol–water partition coefficient (Wildman–Crippen LogP) is 1.47. The van der Waals surface area contributed by atoms with Crippen LogP contribution in [-0.4, -0.2) is 68.7 Å². The molecule has 2 fully saturated rings. The predicted molar refractivity (Wildman–Crippen MR) is 112 cm³/mol. The number of halogens is 1. The molecule has 1 heterocycles. The van der Waals surface area contributed by atoms with Gasteiger partial charge in [0, 0.05) is 30.6 Å². The third-order valence-electron chi connectivity index (χ3n) is 5.93. The zero-order valence-electron chi connectivity index (χ0n) is 17.5. The van der Waals surface area contributed by atoms with E-state index in [9.17, 15) is 22.4 Å². The van der Waals surface area contributed by atoms with Crippen molar-refractivity contribution in [3.05, 3.63) is 36.2 Å². The molecular formula is C21H28FN3O5S. The van der Waals surface area contributed by atoms with Crippen LogP contribution in [-0.2, 0) is 19.4 Å². The van der Waals surface area contributed by atoms with Crippen LogP contribution in [0.1, 0.15) is 26.2 Å². The molecule has 2 N–H and O–H groups in total. The van der Waals surface area contributed by atoms with Gasteiger partial charge in [0.15, 0.2) is 9.84 Å². The van der Waals surface area contributed by atoms with Crippen molar-refractivity contribution in [2.24, 2.45) is 11.1 Å². The van der Waals surface area contributed by atoms with Crippen LogP contribution in [0.25, 0.3) is 0 Å². The van der Waals surface area contributed by atoms with Gasteiger partial charge in [0.1, 0.15) is 18.2 Å². The molecule has 1 saturated heterocycles. The number of hydrogen-bond donors (Lipinski definition) is 1. The third kappa shape index (κ3) is 5.24. The molecule has 0 spiro atoms. The highest BCUT2D eigenvalue weighted by Gasteiger charge is 2.43. The van der Waals surface area contributed by atoms with E-state index in [1.165, 1.54) is 34.1 Å². The number of nitrogens with two attached hydrogens (primary N) is 1. The Kier molecular flexibility index (Phi) is 7.00. The summed E-state index contributed by atoms with van der Waals surface area (Å²) in [6.45, 7) is 2.32. The maximum Gasteiger partial charge on any atom is 0.243 e. The SMILES string of the molecule is CC1(C(=O)N2CCN(CS(=O)(=O)c3ccc(OCC(=CF)CN)cc3)C(=O)C2)CCC1. The summed E-state index contributed by atoms with van der Waals surface area (Å²) < 4.78 is 43.4. The largest absolute Gasteiger partial charge is 0.489 e. The molecule has 1 aliphatic heterocycles. The highest BCUT2D eigenvalue weighted by atomic mass is 32.2. The molecule has 0 unspecified atom stereocenters. The Hall–Kier alpha value is -2.46. The van der Waals surface area contributed by atoms with E-state index in [0.29, 0.717) is 18.6 Å². The fourth-order valence-corrected chi connectivity index (χ4v) is 5.04.